The highest BCUT2D eigenvalue weighted by molar-refractivity contribution is 7.59. The van der Waals surface area contributed by atoms with Gasteiger partial charge in [-0.25, -0.2) is 33.7 Å². The molecule has 4 atom stereocenters. The number of rotatable bonds is 19. The molecule has 0 aliphatic carbocycles. The lowest BCUT2D eigenvalue weighted by Crippen LogP contribution is -2.25. The predicted octanol–water partition coefficient (Wildman–Crippen LogP) is 11.7. The van der Waals surface area contributed by atoms with E-state index in [4.69, 9.17) is 56.4 Å². The van der Waals surface area contributed by atoms with E-state index in [2.05, 4.69) is 97.0 Å². The van der Waals surface area contributed by atoms with Gasteiger partial charge >= 0.3 is 0 Å². The van der Waals surface area contributed by atoms with E-state index in [1.165, 1.54) is 18.2 Å². The van der Waals surface area contributed by atoms with Gasteiger partial charge in [-0.05, 0) is 101 Å². The van der Waals surface area contributed by atoms with Crippen molar-refractivity contribution >= 4 is 137 Å². The number of benzene rings is 6. The Hall–Kier alpha value is -13.1. The highest BCUT2D eigenvalue weighted by Crippen LogP contribution is 2.36. The number of aryl methyl sites for hydroxylation is 4. The van der Waals surface area contributed by atoms with Crippen LogP contribution < -0.4 is 69.5 Å². The number of methoxy groups -OCH3 is 3. The van der Waals surface area contributed by atoms with Crippen LogP contribution in [0.25, 0.3) is 54.5 Å². The summed E-state index contributed by atoms with van der Waals surface area (Å²) < 4.78 is 59.9. The molecule has 0 spiro atoms. The summed E-state index contributed by atoms with van der Waals surface area (Å²) in [6, 6.07) is 40.4. The number of nitrogens with two attached hydrogens (primary N) is 5. The van der Waals surface area contributed by atoms with Gasteiger partial charge in [0.2, 0.25) is 29.7 Å². The van der Waals surface area contributed by atoms with Crippen LogP contribution >= 0.6 is 23.4 Å². The average molecular weight is 1520 g/mol. The number of aromatic nitrogens is 15. The van der Waals surface area contributed by atoms with Crippen molar-refractivity contribution in [3.63, 3.8) is 0 Å². The molecule has 0 saturated heterocycles. The zero-order valence-corrected chi connectivity index (χ0v) is 63.2. The van der Waals surface area contributed by atoms with Gasteiger partial charge in [0.1, 0.15) is 97.9 Å². The number of hydrogen-bond donors (Lipinski definition) is 11. The number of aliphatic hydroxyl groups excluding tert-OH is 1. The van der Waals surface area contributed by atoms with Crippen molar-refractivity contribution in [2.45, 2.75) is 72.4 Å². The number of aliphatic hydroxyl groups is 1. The zero-order chi connectivity index (χ0) is 75.8. The van der Waals surface area contributed by atoms with E-state index in [0.29, 0.717) is 87.8 Å². The lowest BCUT2D eigenvalue weighted by molar-refractivity contribution is 0.160. The number of fused-ring (bicyclic) bond motifs is 5. The summed E-state index contributed by atoms with van der Waals surface area (Å²) in [5.41, 5.74) is 35.6. The van der Waals surface area contributed by atoms with Crippen LogP contribution in [0.15, 0.2) is 165 Å². The Balaban J connectivity index is 0.000000156. The SMILES string of the molecule is COc1cccc2nc(N)nc(NCc3cc(C)on3)c12.COc1cccc2nc(N)nc(N[C@@H](C)[C@H](O)c3ccccc3)c12.COc1cccc2nc(N)nc(N[C@H](C)c3cnn(C)c3)c12.Cc1cc(CNc2nc(N)nc3c(F)cccc23)no1.Cc1cc(CNc2nc(N)nc3cc(F)ccc23)no1.P.S. The van der Waals surface area contributed by atoms with Crippen LogP contribution in [0, 0.1) is 32.4 Å². The minimum absolute atomic E-state index is 0. The van der Waals surface area contributed by atoms with E-state index in [9.17, 15) is 13.9 Å². The van der Waals surface area contributed by atoms with Gasteiger partial charge < -0.3 is 88.1 Å². The van der Waals surface area contributed by atoms with Crippen LogP contribution in [-0.4, -0.2) is 108 Å². The maximum atomic E-state index is 13.7. The molecule has 9 aromatic heterocycles. The first-order valence-electron chi connectivity index (χ1n) is 33.1. The molecular weight excluding hydrogens is 1440 g/mol. The van der Waals surface area contributed by atoms with Crippen molar-refractivity contribution in [1.29, 1.82) is 0 Å². The molecule has 32 nitrogen and oxygen atoms in total. The molecule has 15 rings (SSSR count). The normalized spacial score (nSPS) is 11.5. The molecule has 9 heterocycles. The Morgan fingerprint density at radius 1 is 0.468 bits per heavy atom. The predicted molar refractivity (Wildman–Crippen MR) is 426 cm³/mol. The molecule has 0 aliphatic heterocycles. The van der Waals surface area contributed by atoms with Crippen LogP contribution in [0.3, 0.4) is 0 Å². The van der Waals surface area contributed by atoms with E-state index in [1.807, 2.05) is 151 Å². The third-order valence-electron chi connectivity index (χ3n) is 16.0. The van der Waals surface area contributed by atoms with Crippen LogP contribution in [0.5, 0.6) is 17.2 Å². The van der Waals surface area contributed by atoms with Crippen molar-refractivity contribution < 1.29 is 41.7 Å². The summed E-state index contributed by atoms with van der Waals surface area (Å²) >= 11 is 0. The molecule has 15 aromatic rings. The summed E-state index contributed by atoms with van der Waals surface area (Å²) in [6.07, 6.45) is 3.09. The van der Waals surface area contributed by atoms with Gasteiger partial charge in [0.05, 0.1) is 104 Å². The van der Waals surface area contributed by atoms with Crippen molar-refractivity contribution in [3.05, 3.63) is 209 Å². The third kappa shape index (κ3) is 20.3. The molecule has 6 aromatic carbocycles. The van der Waals surface area contributed by atoms with Crippen molar-refractivity contribution in [2.75, 3.05) is 76.6 Å². The molecule has 0 aliphatic rings. The van der Waals surface area contributed by atoms with Gasteiger partial charge in [-0.1, -0.05) is 70.1 Å². The summed E-state index contributed by atoms with van der Waals surface area (Å²) in [5.74, 6) is 6.95. The fourth-order valence-corrected chi connectivity index (χ4v) is 11.1. The quantitative estimate of drug-likeness (QED) is 0.0335. The summed E-state index contributed by atoms with van der Waals surface area (Å²) in [4.78, 5) is 41.7. The Morgan fingerprint density at radius 2 is 0.890 bits per heavy atom. The molecule has 566 valence electrons. The molecule has 0 amide bonds. The first-order valence-corrected chi connectivity index (χ1v) is 33.1. The lowest BCUT2D eigenvalue weighted by Gasteiger charge is -2.22. The van der Waals surface area contributed by atoms with Gasteiger partial charge in [-0.2, -0.15) is 53.4 Å². The van der Waals surface area contributed by atoms with Gasteiger partial charge in [-0.3, -0.25) is 4.68 Å². The second-order valence-electron chi connectivity index (χ2n) is 24.0. The van der Waals surface area contributed by atoms with Crippen LogP contribution in [0.4, 0.5) is 67.6 Å². The van der Waals surface area contributed by atoms with Gasteiger partial charge in [0, 0.05) is 53.8 Å². The number of anilines is 10. The molecule has 16 N–H and O–H groups in total. The molecule has 0 bridgehead atoms. The van der Waals surface area contributed by atoms with Crippen LogP contribution in [0.1, 0.15) is 71.5 Å². The topological polar surface area (TPSA) is 463 Å². The Labute approximate surface area is 632 Å². The van der Waals surface area contributed by atoms with Gasteiger partial charge in [0.25, 0.3) is 0 Å². The zero-order valence-electron chi connectivity index (χ0n) is 60.7. The molecular formula is C73H82F2N25O7PS. The summed E-state index contributed by atoms with van der Waals surface area (Å²) in [6.45, 7) is 10.7. The van der Waals surface area contributed by atoms with E-state index in [0.717, 1.165) is 72.7 Å². The smallest absolute Gasteiger partial charge is 0.222 e. The highest BCUT2D eigenvalue weighted by Gasteiger charge is 2.22. The molecule has 0 fully saturated rings. The van der Waals surface area contributed by atoms with E-state index >= 15 is 0 Å². The fourth-order valence-electron chi connectivity index (χ4n) is 11.1. The maximum Gasteiger partial charge on any atom is 0.222 e. The van der Waals surface area contributed by atoms with Crippen LogP contribution in [0.2, 0.25) is 0 Å². The largest absolute Gasteiger partial charge is 0.496 e. The number of hydrogen-bond acceptors (Lipinski definition) is 31. The Morgan fingerprint density at radius 3 is 1.35 bits per heavy atom. The Bertz CT molecular complexity index is 5560. The first kappa shape index (κ1) is 80.0. The van der Waals surface area contributed by atoms with E-state index in [1.54, 1.807) is 50.3 Å². The first-order chi connectivity index (χ1) is 51.6. The molecule has 109 heavy (non-hydrogen) atoms. The molecule has 36 heteroatoms. The number of nitrogens with zero attached hydrogens (tertiary/aromatic N) is 15. The number of halogens is 2. The van der Waals surface area contributed by atoms with Crippen LogP contribution in [-0.2, 0) is 26.7 Å². The third-order valence-corrected chi connectivity index (χ3v) is 16.0. The second kappa shape index (κ2) is 36.7. The lowest BCUT2D eigenvalue weighted by atomic mass is 10.0. The molecule has 1 unspecified atom stereocenters. The number of para-hydroxylation sites is 1. The maximum absolute atomic E-state index is 13.7. The monoisotopic (exact) mass is 1520 g/mol. The fraction of sp³-hybridized carbons (Fsp3) is 0.205. The second-order valence-corrected chi connectivity index (χ2v) is 24.0. The highest BCUT2D eigenvalue weighted by atomic mass is 32.1. The minimum Gasteiger partial charge on any atom is -0.496 e. The summed E-state index contributed by atoms with van der Waals surface area (Å²) in [5, 5.41) is 46.0. The Kier molecular flexibility index (Phi) is 26.9. The summed E-state index contributed by atoms with van der Waals surface area (Å²) in [7, 11) is 6.71. The van der Waals surface area contributed by atoms with Crippen molar-refractivity contribution in [2.24, 2.45) is 7.05 Å². The van der Waals surface area contributed by atoms with Crippen molar-refractivity contribution in [1.82, 2.24) is 75.1 Å². The number of nitrogens with one attached hydrogen (secondary N) is 5. The number of nitrogen functional groups attached to an aromatic ring is 5. The number of ether oxygens (including phenoxy) is 3. The van der Waals surface area contributed by atoms with Gasteiger partial charge in [-0.15, -0.1) is 0 Å². The molecule has 0 radical (unpaired) electrons. The van der Waals surface area contributed by atoms with E-state index in [-0.39, 0.29) is 76.6 Å². The minimum atomic E-state index is -0.688. The van der Waals surface area contributed by atoms with Crippen molar-refractivity contribution in [3.8, 4) is 17.2 Å². The average Bonchev–Trinajstić information content (AvgIpc) is 1.44. The van der Waals surface area contributed by atoms with E-state index < -0.39 is 11.9 Å². The standard InChI is InChI=1S/C18H20N4O2.C15H18N6O.C14H15N5O2.2C13H12FN5O.H3P.H2S/c1-11(16(23)12-7-4-3-5-8-12)20-17-15-13(21-18(19)22-17)9-6-10-14(15)24-2;1-9(10-7-17-21(2)8-10)18-14-13-11(19-15(16)20-14)5-4-6-12(13)22-3;1-8-6-9(19-21-8)7-16-13-12-10(17-14(15)18-13)4-3-5-11(12)20-2;1-7-4-9(19-20-7)6-16-12-10-3-2-8(14)5-11(10)17-13(15)18-12;1-7-5-8(19-20-7)6-16-12-9-3-2-4-10(14)11(9)17-13(15)18-12;;/h3-11,16,23H,1-2H3,(H3,19,20,21,22);4-9H,1-3H3,(H3,16,18,19,20);3-6H,7H2,1-2H3,(H3,15,16,17,18);2*2-5H,6H2,1H3,(H3,15,16,17,18);1H3;1H2/t11-,16-;9-;;;;;/m01...../s1. The van der Waals surface area contributed by atoms with Gasteiger partial charge in [0.15, 0.2) is 0 Å². The molecule has 0 saturated carbocycles.